The first-order valence-electron chi connectivity index (χ1n) is 13.3. The van der Waals surface area contributed by atoms with E-state index in [0.717, 1.165) is 12.1 Å². The van der Waals surface area contributed by atoms with Crippen molar-refractivity contribution in [2.45, 2.75) is 32.5 Å². The minimum absolute atomic E-state index is 0.000865. The van der Waals surface area contributed by atoms with Crippen LogP contribution in [0.5, 0.6) is 11.5 Å². The average Bonchev–Trinajstić information content (AvgIpc) is 2.95. The number of ether oxygens (including phenoxy) is 2. The van der Waals surface area contributed by atoms with Crippen LogP contribution < -0.4 is 20.1 Å². The topological polar surface area (TPSA) is 116 Å². The van der Waals surface area contributed by atoms with Crippen molar-refractivity contribution < 1.29 is 24.2 Å². The van der Waals surface area contributed by atoms with Gasteiger partial charge in [0.2, 0.25) is 0 Å². The molecule has 3 amide bonds. The molecule has 2 aromatic carbocycles. The smallest absolute Gasteiger partial charge is 0.323 e. The van der Waals surface area contributed by atoms with E-state index in [9.17, 15) is 14.7 Å². The van der Waals surface area contributed by atoms with Crippen LogP contribution in [-0.2, 0) is 6.54 Å². The molecular weight excluding hydrogens is 510 g/mol. The number of rotatable bonds is 9. The number of aromatic nitrogens is 1. The van der Waals surface area contributed by atoms with Crippen molar-refractivity contribution in [3.8, 4) is 11.5 Å². The molecule has 0 unspecified atom stereocenters. The predicted molar refractivity (Wildman–Crippen MR) is 154 cm³/mol. The second-order valence-corrected chi connectivity index (χ2v) is 10.2. The fourth-order valence-corrected chi connectivity index (χ4v) is 4.66. The first kappa shape index (κ1) is 28.8. The van der Waals surface area contributed by atoms with Crippen LogP contribution in [0.4, 0.5) is 16.2 Å². The van der Waals surface area contributed by atoms with Gasteiger partial charge in [0.25, 0.3) is 5.91 Å². The van der Waals surface area contributed by atoms with Crippen molar-refractivity contribution in [1.29, 1.82) is 0 Å². The molecule has 212 valence electrons. The third-order valence-electron chi connectivity index (χ3n) is 6.96. The van der Waals surface area contributed by atoms with E-state index in [-0.39, 0.29) is 30.6 Å². The molecule has 0 aliphatic carbocycles. The number of aliphatic hydroxyl groups is 1. The number of hydrogen-bond acceptors (Lipinski definition) is 7. The van der Waals surface area contributed by atoms with E-state index in [4.69, 9.17) is 9.47 Å². The fourth-order valence-electron chi connectivity index (χ4n) is 4.66. The number of amides is 3. The number of methoxy groups -OCH3 is 1. The van der Waals surface area contributed by atoms with Gasteiger partial charge in [-0.05, 0) is 74.1 Å². The number of carbonyl (C=O) groups excluding carboxylic acids is 2. The molecule has 2 heterocycles. The molecule has 1 aromatic heterocycles. The first-order chi connectivity index (χ1) is 19.3. The molecule has 3 atom stereocenters. The quantitative estimate of drug-likeness (QED) is 0.370. The van der Waals surface area contributed by atoms with Crippen molar-refractivity contribution in [3.63, 3.8) is 0 Å². The van der Waals surface area contributed by atoms with Crippen LogP contribution in [0.3, 0.4) is 0 Å². The number of urea groups is 1. The van der Waals surface area contributed by atoms with Gasteiger partial charge in [0, 0.05) is 49.3 Å². The lowest BCUT2D eigenvalue weighted by atomic mass is 9.99. The summed E-state index contributed by atoms with van der Waals surface area (Å²) >= 11 is 0. The van der Waals surface area contributed by atoms with Gasteiger partial charge in [-0.25, -0.2) is 4.79 Å². The standard InChI is InChI=1S/C30H37N5O5/c1-20-16-35(21(2)19-36)29(37)26-15-24(33-30(38)32-23-5-8-25(39-4)9-6-23)7-10-27(26)40-28(20)18-34(3)17-22-11-13-31-14-12-22/h5-15,20-21,28,36H,16-19H2,1-4H3,(H2,32,33,38)/t20-,21-,28+/m1/s1. The second kappa shape index (κ2) is 13.3. The van der Waals surface area contributed by atoms with Gasteiger partial charge in [-0.1, -0.05) is 6.92 Å². The normalized spacial score (nSPS) is 17.8. The number of pyridine rings is 1. The van der Waals surface area contributed by atoms with Gasteiger partial charge in [-0.3, -0.25) is 14.7 Å². The summed E-state index contributed by atoms with van der Waals surface area (Å²) in [5.74, 6) is 0.865. The number of aliphatic hydroxyl groups excluding tert-OH is 1. The van der Waals surface area contributed by atoms with Crippen molar-refractivity contribution in [2.75, 3.05) is 44.5 Å². The average molecular weight is 548 g/mol. The molecular formula is C30H37N5O5. The lowest BCUT2D eigenvalue weighted by Crippen LogP contribution is -2.49. The Morgan fingerprint density at radius 1 is 1.15 bits per heavy atom. The monoisotopic (exact) mass is 547 g/mol. The molecule has 0 radical (unpaired) electrons. The summed E-state index contributed by atoms with van der Waals surface area (Å²) in [7, 11) is 3.61. The summed E-state index contributed by atoms with van der Waals surface area (Å²) in [6.07, 6.45) is 3.33. The summed E-state index contributed by atoms with van der Waals surface area (Å²) < 4.78 is 11.6. The largest absolute Gasteiger partial charge is 0.497 e. The summed E-state index contributed by atoms with van der Waals surface area (Å²) in [6.45, 7) is 5.49. The summed E-state index contributed by atoms with van der Waals surface area (Å²) in [5, 5.41) is 15.5. The lowest BCUT2D eigenvalue weighted by Gasteiger charge is -2.38. The van der Waals surface area contributed by atoms with Gasteiger partial charge >= 0.3 is 6.03 Å². The summed E-state index contributed by atoms with van der Waals surface area (Å²) in [6, 6.07) is 15.1. The van der Waals surface area contributed by atoms with E-state index in [2.05, 4.69) is 27.4 Å². The predicted octanol–water partition coefficient (Wildman–Crippen LogP) is 4.09. The van der Waals surface area contributed by atoms with Gasteiger partial charge < -0.3 is 30.1 Å². The van der Waals surface area contributed by atoms with Crippen LogP contribution >= 0.6 is 0 Å². The Bertz CT molecular complexity index is 1290. The second-order valence-electron chi connectivity index (χ2n) is 10.2. The molecule has 3 aromatic rings. The number of hydrogen-bond donors (Lipinski definition) is 3. The zero-order chi connectivity index (χ0) is 28.6. The SMILES string of the molecule is COc1ccc(NC(=O)Nc2ccc3c(c2)C(=O)N([C@H](C)CO)C[C@@H](C)[C@H](CN(C)Cc2ccncc2)O3)cc1. The molecule has 4 rings (SSSR count). The highest BCUT2D eigenvalue weighted by molar-refractivity contribution is 6.02. The number of benzene rings is 2. The summed E-state index contributed by atoms with van der Waals surface area (Å²) in [4.78, 5) is 34.3. The van der Waals surface area contributed by atoms with Crippen molar-refractivity contribution in [2.24, 2.45) is 5.92 Å². The van der Waals surface area contributed by atoms with E-state index >= 15 is 0 Å². The molecule has 40 heavy (non-hydrogen) atoms. The number of nitrogens with one attached hydrogen (secondary N) is 2. The van der Waals surface area contributed by atoms with Gasteiger partial charge in [-0.15, -0.1) is 0 Å². The zero-order valence-corrected chi connectivity index (χ0v) is 23.3. The Hall–Kier alpha value is -4.15. The number of nitrogens with zero attached hydrogens (tertiary/aromatic N) is 3. The number of carbonyl (C=O) groups is 2. The van der Waals surface area contributed by atoms with Gasteiger partial charge in [0.15, 0.2) is 0 Å². The first-order valence-corrected chi connectivity index (χ1v) is 13.3. The molecule has 0 spiro atoms. The molecule has 1 aliphatic rings. The van der Waals surface area contributed by atoms with Crippen molar-refractivity contribution in [1.82, 2.24) is 14.8 Å². The fraction of sp³-hybridized carbons (Fsp3) is 0.367. The third kappa shape index (κ3) is 7.28. The Kier molecular flexibility index (Phi) is 9.57. The molecule has 10 heteroatoms. The Morgan fingerprint density at radius 2 is 1.82 bits per heavy atom. The molecule has 3 N–H and O–H groups in total. The van der Waals surface area contributed by atoms with Crippen LogP contribution in [-0.4, -0.2) is 77.8 Å². The molecule has 10 nitrogen and oxygen atoms in total. The molecule has 1 aliphatic heterocycles. The van der Waals surface area contributed by atoms with Crippen molar-refractivity contribution in [3.05, 3.63) is 78.1 Å². The highest BCUT2D eigenvalue weighted by atomic mass is 16.5. The van der Waals surface area contributed by atoms with Gasteiger partial charge in [0.05, 0.1) is 25.3 Å². The number of fused-ring (bicyclic) bond motifs is 1. The maximum atomic E-state index is 13.7. The number of likely N-dealkylation sites (N-methyl/N-ethyl adjacent to an activating group) is 1. The van der Waals surface area contributed by atoms with E-state index in [1.165, 1.54) is 0 Å². The Balaban J connectivity index is 1.54. The van der Waals surface area contributed by atoms with Crippen LogP contribution in [0.1, 0.15) is 29.8 Å². The Labute approximate surface area is 234 Å². The van der Waals surface area contributed by atoms with E-state index < -0.39 is 6.03 Å². The van der Waals surface area contributed by atoms with E-state index in [1.807, 2.05) is 26.1 Å². The minimum atomic E-state index is -0.450. The van der Waals surface area contributed by atoms with Crippen LogP contribution in [0.2, 0.25) is 0 Å². The molecule has 0 bridgehead atoms. The summed E-state index contributed by atoms with van der Waals surface area (Å²) in [5.41, 5.74) is 2.51. The molecule has 0 saturated heterocycles. The molecule has 0 fully saturated rings. The van der Waals surface area contributed by atoms with E-state index in [1.54, 1.807) is 66.9 Å². The third-order valence-corrected chi connectivity index (χ3v) is 6.96. The van der Waals surface area contributed by atoms with Gasteiger partial charge in [-0.2, -0.15) is 0 Å². The van der Waals surface area contributed by atoms with Crippen LogP contribution in [0.25, 0.3) is 0 Å². The van der Waals surface area contributed by atoms with Crippen LogP contribution in [0, 0.1) is 5.92 Å². The maximum Gasteiger partial charge on any atom is 0.323 e. The van der Waals surface area contributed by atoms with Crippen molar-refractivity contribution >= 4 is 23.3 Å². The maximum absolute atomic E-state index is 13.7. The lowest BCUT2D eigenvalue weighted by molar-refractivity contribution is 0.0341. The number of anilines is 2. The van der Waals surface area contributed by atoms with E-state index in [0.29, 0.717) is 41.5 Å². The van der Waals surface area contributed by atoms with Crippen LogP contribution in [0.15, 0.2) is 67.0 Å². The highest BCUT2D eigenvalue weighted by Gasteiger charge is 2.33. The minimum Gasteiger partial charge on any atom is -0.497 e. The zero-order valence-electron chi connectivity index (χ0n) is 23.3. The van der Waals surface area contributed by atoms with Gasteiger partial charge in [0.1, 0.15) is 17.6 Å². The Morgan fingerprint density at radius 3 is 2.50 bits per heavy atom. The molecule has 0 saturated carbocycles. The highest BCUT2D eigenvalue weighted by Crippen LogP contribution is 2.31.